The molecule has 6 heterocycles. The minimum Gasteiger partial charge on any atom is -0.481 e. The number of rotatable bonds is 9. The Morgan fingerprint density at radius 2 is 1.22 bits per heavy atom. The maximum Gasteiger partial charge on any atom is 0.310 e. The normalized spacial score (nSPS) is 10.9. The molecule has 0 fully saturated rings. The highest BCUT2D eigenvalue weighted by atomic mass is 79.9. The predicted octanol–water partition coefficient (Wildman–Crippen LogP) is 4.59. The molecule has 49 heavy (non-hydrogen) atoms. The SMILES string of the molecule is CCOC(=O)Cc1c(C)nc2c(Br)cnn2c1OC.COc1c(CCO)c(C)nc2c(Br)cnn12.Cc1nc2c(Br)cnn2cc1CCO. The van der Waals surface area contributed by atoms with E-state index in [0.717, 1.165) is 52.9 Å². The summed E-state index contributed by atoms with van der Waals surface area (Å²) in [5.74, 6) is 0.819. The summed E-state index contributed by atoms with van der Waals surface area (Å²) in [6.45, 7) is 7.98. The average Bonchev–Trinajstić information content (AvgIpc) is 3.75. The molecule has 0 aromatic carbocycles. The molecule has 262 valence electrons. The first-order valence-corrected chi connectivity index (χ1v) is 17.4. The van der Waals surface area contributed by atoms with Crippen LogP contribution in [0.3, 0.4) is 0 Å². The summed E-state index contributed by atoms with van der Waals surface area (Å²) in [6, 6.07) is 0. The zero-order valence-electron chi connectivity index (χ0n) is 27.7. The van der Waals surface area contributed by atoms with Crippen molar-refractivity contribution in [2.45, 2.75) is 47.0 Å². The largest absolute Gasteiger partial charge is 0.481 e. The summed E-state index contributed by atoms with van der Waals surface area (Å²) in [5, 5.41) is 30.3. The van der Waals surface area contributed by atoms with Crippen LogP contribution in [0, 0.1) is 20.8 Å². The molecule has 0 aliphatic carbocycles. The lowest BCUT2D eigenvalue weighted by molar-refractivity contribution is -0.142. The van der Waals surface area contributed by atoms with Gasteiger partial charge in [-0.3, -0.25) is 4.79 Å². The van der Waals surface area contributed by atoms with Crippen LogP contribution in [0.5, 0.6) is 11.8 Å². The van der Waals surface area contributed by atoms with Crippen molar-refractivity contribution in [2.75, 3.05) is 34.0 Å². The number of aliphatic hydroxyl groups excluding tert-OH is 2. The Morgan fingerprint density at radius 1 is 0.735 bits per heavy atom. The maximum atomic E-state index is 11.6. The lowest BCUT2D eigenvalue weighted by atomic mass is 10.1. The molecular formula is C31H36Br3N9O6. The molecule has 6 rings (SSSR count). The predicted molar refractivity (Wildman–Crippen MR) is 191 cm³/mol. The first kappa shape index (κ1) is 38.1. The third-order valence-corrected chi connectivity index (χ3v) is 8.90. The fraction of sp³-hybridized carbons (Fsp3) is 0.387. The Kier molecular flexibility index (Phi) is 13.4. The molecule has 0 aliphatic heterocycles. The summed E-state index contributed by atoms with van der Waals surface area (Å²) in [6.07, 6.45) is 8.17. The van der Waals surface area contributed by atoms with Crippen molar-refractivity contribution < 1.29 is 29.2 Å². The third-order valence-electron chi connectivity index (χ3n) is 7.22. The third kappa shape index (κ3) is 8.54. The summed E-state index contributed by atoms with van der Waals surface area (Å²) in [5.41, 5.74) is 7.28. The second-order valence-electron chi connectivity index (χ2n) is 10.4. The van der Waals surface area contributed by atoms with Crippen molar-refractivity contribution in [1.29, 1.82) is 0 Å². The lowest BCUT2D eigenvalue weighted by Gasteiger charge is -2.12. The van der Waals surface area contributed by atoms with E-state index in [0.29, 0.717) is 42.4 Å². The van der Waals surface area contributed by atoms with Gasteiger partial charge in [-0.05, 0) is 87.5 Å². The van der Waals surface area contributed by atoms with Crippen LogP contribution in [0.25, 0.3) is 16.9 Å². The fourth-order valence-corrected chi connectivity index (χ4v) is 5.97. The van der Waals surface area contributed by atoms with Gasteiger partial charge in [0.1, 0.15) is 0 Å². The molecule has 0 atom stereocenters. The number of methoxy groups -OCH3 is 2. The van der Waals surface area contributed by atoms with Crippen LogP contribution in [0.2, 0.25) is 0 Å². The molecule has 15 nitrogen and oxygen atoms in total. The van der Waals surface area contributed by atoms with E-state index in [2.05, 4.69) is 78.0 Å². The van der Waals surface area contributed by atoms with Crippen LogP contribution >= 0.6 is 47.8 Å². The molecule has 0 bridgehead atoms. The van der Waals surface area contributed by atoms with E-state index in [1.807, 2.05) is 27.0 Å². The van der Waals surface area contributed by atoms with Crippen LogP contribution in [0.4, 0.5) is 0 Å². The van der Waals surface area contributed by atoms with Gasteiger partial charge in [0.25, 0.3) is 0 Å². The second kappa shape index (κ2) is 17.3. The van der Waals surface area contributed by atoms with Gasteiger partial charge in [0.2, 0.25) is 11.8 Å². The number of halogens is 3. The van der Waals surface area contributed by atoms with Gasteiger partial charge >= 0.3 is 5.97 Å². The monoisotopic (exact) mass is 867 g/mol. The highest BCUT2D eigenvalue weighted by Crippen LogP contribution is 2.28. The first-order chi connectivity index (χ1) is 23.5. The van der Waals surface area contributed by atoms with Gasteiger partial charge in [0, 0.05) is 54.0 Å². The van der Waals surface area contributed by atoms with Crippen LogP contribution in [0.15, 0.2) is 38.2 Å². The van der Waals surface area contributed by atoms with Crippen molar-refractivity contribution in [3.63, 3.8) is 0 Å². The van der Waals surface area contributed by atoms with E-state index >= 15 is 0 Å². The Bertz CT molecular complexity index is 2080. The van der Waals surface area contributed by atoms with Crippen molar-refractivity contribution in [2.24, 2.45) is 0 Å². The number of hydrogen-bond donors (Lipinski definition) is 2. The van der Waals surface area contributed by atoms with E-state index < -0.39 is 0 Å². The van der Waals surface area contributed by atoms with Gasteiger partial charge in [-0.2, -0.15) is 24.3 Å². The van der Waals surface area contributed by atoms with Crippen LogP contribution in [-0.4, -0.2) is 94.0 Å². The minimum absolute atomic E-state index is 0.0623. The zero-order chi connectivity index (χ0) is 35.8. The number of carbonyl (C=O) groups is 1. The Morgan fingerprint density at radius 3 is 1.76 bits per heavy atom. The topological polar surface area (TPSA) is 176 Å². The minimum atomic E-state index is -0.309. The van der Waals surface area contributed by atoms with E-state index in [1.165, 1.54) is 0 Å². The molecule has 6 aromatic rings. The molecular weight excluding hydrogens is 834 g/mol. The van der Waals surface area contributed by atoms with E-state index in [1.54, 1.807) is 53.3 Å². The maximum absolute atomic E-state index is 11.6. The number of esters is 1. The average molecular weight is 870 g/mol. The van der Waals surface area contributed by atoms with Crippen molar-refractivity contribution >= 4 is 70.7 Å². The van der Waals surface area contributed by atoms with E-state index in [4.69, 9.17) is 24.4 Å². The number of nitrogens with zero attached hydrogens (tertiary/aromatic N) is 9. The van der Waals surface area contributed by atoms with Crippen molar-refractivity contribution in [1.82, 2.24) is 43.8 Å². The molecule has 0 spiro atoms. The highest BCUT2D eigenvalue weighted by molar-refractivity contribution is 9.11. The fourth-order valence-electron chi connectivity index (χ4n) is 4.91. The summed E-state index contributed by atoms with van der Waals surface area (Å²) in [4.78, 5) is 24.9. The number of fused-ring (bicyclic) bond motifs is 3. The smallest absolute Gasteiger partial charge is 0.310 e. The highest BCUT2D eigenvalue weighted by Gasteiger charge is 2.19. The Balaban J connectivity index is 0.000000167. The quantitative estimate of drug-likeness (QED) is 0.194. The summed E-state index contributed by atoms with van der Waals surface area (Å²) in [7, 11) is 3.13. The van der Waals surface area contributed by atoms with Gasteiger partial charge in [-0.1, -0.05) is 0 Å². The molecule has 0 amide bonds. The number of aromatic nitrogens is 9. The van der Waals surface area contributed by atoms with Gasteiger partial charge < -0.3 is 24.4 Å². The van der Waals surface area contributed by atoms with Gasteiger partial charge in [-0.25, -0.2) is 19.5 Å². The van der Waals surface area contributed by atoms with Gasteiger partial charge in [-0.15, -0.1) is 0 Å². The number of aryl methyl sites for hydroxylation is 3. The molecule has 6 aromatic heterocycles. The molecule has 0 unspecified atom stereocenters. The summed E-state index contributed by atoms with van der Waals surface area (Å²) < 4.78 is 23.0. The van der Waals surface area contributed by atoms with Crippen LogP contribution < -0.4 is 9.47 Å². The number of ether oxygens (including phenoxy) is 3. The number of aliphatic hydroxyl groups is 2. The lowest BCUT2D eigenvalue weighted by Crippen LogP contribution is -2.13. The van der Waals surface area contributed by atoms with E-state index in [9.17, 15) is 4.79 Å². The van der Waals surface area contributed by atoms with Crippen LogP contribution in [-0.2, 0) is 28.8 Å². The van der Waals surface area contributed by atoms with Crippen molar-refractivity contribution in [3.8, 4) is 11.8 Å². The van der Waals surface area contributed by atoms with Gasteiger partial charge in [0.05, 0.1) is 59.3 Å². The standard InChI is InChI=1S/C12H14BrN3O3.C10H12BrN3O2.C9H10BrN3O/c1-4-19-10(17)5-8-7(2)15-11-9(13)6-14-16(11)12(8)18-3;1-6-7(3-4-15)10(16-2)14-9(13-6)8(11)5-12-14;1-6-7(2-3-14)5-13-9(12-6)8(10)4-11-13/h6H,4-5H2,1-3H3;5,15H,3-4H2,1-2H3;4-5,14H,2-3H2,1H3. The Hall–Kier alpha value is -3.71. The second-order valence-corrected chi connectivity index (χ2v) is 12.9. The molecule has 18 heteroatoms. The number of hydrogen-bond acceptors (Lipinski definition) is 12. The van der Waals surface area contributed by atoms with E-state index in [-0.39, 0.29) is 25.6 Å². The van der Waals surface area contributed by atoms with Gasteiger partial charge in [0.15, 0.2) is 16.9 Å². The number of carbonyl (C=O) groups excluding carboxylic acids is 1. The molecule has 0 saturated heterocycles. The van der Waals surface area contributed by atoms with Crippen molar-refractivity contribution in [3.05, 3.63) is 72.0 Å². The molecule has 0 aliphatic rings. The first-order valence-electron chi connectivity index (χ1n) is 15.0. The van der Waals surface area contributed by atoms with Crippen LogP contribution in [0.1, 0.15) is 40.7 Å². The molecule has 0 saturated carbocycles. The zero-order valence-corrected chi connectivity index (χ0v) is 32.5. The Labute approximate surface area is 307 Å². The summed E-state index contributed by atoms with van der Waals surface area (Å²) >= 11 is 10.1. The molecule has 0 radical (unpaired) electrons. The molecule has 2 N–H and O–H groups in total.